The predicted molar refractivity (Wildman–Crippen MR) is 70.4 cm³/mol. The molecule has 18 heavy (non-hydrogen) atoms. The van der Waals surface area contributed by atoms with E-state index in [2.05, 4.69) is 5.32 Å². The minimum atomic E-state index is -0.361. The van der Waals surface area contributed by atoms with Gasteiger partial charge in [-0.05, 0) is 29.8 Å². The summed E-state index contributed by atoms with van der Waals surface area (Å²) in [4.78, 5) is 11.2. The van der Waals surface area contributed by atoms with Crippen LogP contribution in [-0.4, -0.2) is 4.57 Å². The number of hydrogen-bond donors (Lipinski definition) is 1. The summed E-state index contributed by atoms with van der Waals surface area (Å²) in [5.74, 6) is -0.361. The molecule has 2 rings (SSSR count). The number of anilines is 1. The van der Waals surface area contributed by atoms with E-state index in [1.54, 1.807) is 25.4 Å². The summed E-state index contributed by atoms with van der Waals surface area (Å²) >= 11 is 5.76. The fourth-order valence-corrected chi connectivity index (χ4v) is 1.86. The van der Waals surface area contributed by atoms with E-state index < -0.39 is 0 Å². The average molecular weight is 267 g/mol. The number of nitrogens with one attached hydrogen (secondary N) is 1. The first-order valence-corrected chi connectivity index (χ1v) is 5.78. The molecule has 2 aromatic rings. The van der Waals surface area contributed by atoms with Gasteiger partial charge in [0.2, 0.25) is 5.56 Å². The summed E-state index contributed by atoms with van der Waals surface area (Å²) in [6.07, 6.45) is 1.68. The van der Waals surface area contributed by atoms with Crippen LogP contribution in [0.5, 0.6) is 0 Å². The molecule has 0 saturated carbocycles. The molecule has 1 heterocycles. The highest BCUT2D eigenvalue weighted by atomic mass is 35.5. The van der Waals surface area contributed by atoms with E-state index in [-0.39, 0.29) is 11.4 Å². The highest BCUT2D eigenvalue weighted by Gasteiger charge is 2.00. The van der Waals surface area contributed by atoms with Gasteiger partial charge in [-0.1, -0.05) is 11.6 Å². The second-order valence-electron chi connectivity index (χ2n) is 4.00. The second-order valence-corrected chi connectivity index (χ2v) is 4.43. The minimum absolute atomic E-state index is 0.0747. The van der Waals surface area contributed by atoms with Crippen LogP contribution in [0.25, 0.3) is 0 Å². The molecule has 0 aliphatic carbocycles. The monoisotopic (exact) mass is 266 g/mol. The Morgan fingerprint density at radius 2 is 2.11 bits per heavy atom. The number of benzene rings is 1. The third-order valence-electron chi connectivity index (χ3n) is 2.50. The lowest BCUT2D eigenvalue weighted by molar-refractivity contribution is 0.626. The number of aryl methyl sites for hydroxylation is 1. The molecule has 5 heteroatoms. The van der Waals surface area contributed by atoms with E-state index >= 15 is 0 Å². The van der Waals surface area contributed by atoms with Crippen LogP contribution in [0.15, 0.2) is 41.3 Å². The molecule has 0 bridgehead atoms. The zero-order chi connectivity index (χ0) is 13.1. The van der Waals surface area contributed by atoms with Crippen molar-refractivity contribution in [3.63, 3.8) is 0 Å². The summed E-state index contributed by atoms with van der Waals surface area (Å²) in [6.45, 7) is 0.440. The highest BCUT2D eigenvalue weighted by molar-refractivity contribution is 6.30. The maximum absolute atomic E-state index is 13.1. The van der Waals surface area contributed by atoms with Gasteiger partial charge in [-0.25, -0.2) is 4.39 Å². The van der Waals surface area contributed by atoms with Crippen LogP contribution < -0.4 is 10.9 Å². The summed E-state index contributed by atoms with van der Waals surface area (Å²) in [6, 6.07) is 7.53. The Labute approximate surface area is 109 Å². The topological polar surface area (TPSA) is 34.0 Å². The lowest BCUT2D eigenvalue weighted by Crippen LogP contribution is -2.15. The molecular weight excluding hydrogens is 255 g/mol. The van der Waals surface area contributed by atoms with Gasteiger partial charge in [0, 0.05) is 30.9 Å². The normalized spacial score (nSPS) is 10.4. The lowest BCUT2D eigenvalue weighted by atomic mass is 10.2. The summed E-state index contributed by atoms with van der Waals surface area (Å²) in [5, 5.41) is 3.47. The molecule has 1 aromatic heterocycles. The zero-order valence-corrected chi connectivity index (χ0v) is 10.5. The predicted octanol–water partition coefficient (Wildman–Crippen LogP) is 2.79. The molecule has 0 atom stereocenters. The van der Waals surface area contributed by atoms with Gasteiger partial charge in [0.25, 0.3) is 0 Å². The molecule has 0 fully saturated rings. The SMILES string of the molecule is Cn1cc(NCc2cc(F)cc(Cl)c2)ccc1=O. The molecule has 3 nitrogen and oxygen atoms in total. The van der Waals surface area contributed by atoms with E-state index in [0.717, 1.165) is 11.3 Å². The lowest BCUT2D eigenvalue weighted by Gasteiger charge is -2.08. The molecule has 1 aromatic carbocycles. The number of halogens is 2. The number of aromatic nitrogens is 1. The number of pyridine rings is 1. The van der Waals surface area contributed by atoms with Gasteiger partial charge in [-0.15, -0.1) is 0 Å². The molecule has 0 aliphatic heterocycles. The molecular formula is C13H12ClFN2O. The smallest absolute Gasteiger partial charge is 0.250 e. The summed E-state index contributed by atoms with van der Waals surface area (Å²) in [5.41, 5.74) is 1.46. The van der Waals surface area contributed by atoms with Gasteiger partial charge in [0.15, 0.2) is 0 Å². The van der Waals surface area contributed by atoms with Crippen LogP contribution in [0, 0.1) is 5.82 Å². The van der Waals surface area contributed by atoms with Crippen LogP contribution in [0.4, 0.5) is 10.1 Å². The van der Waals surface area contributed by atoms with Crippen molar-refractivity contribution >= 4 is 17.3 Å². The summed E-state index contributed by atoms with van der Waals surface area (Å²) in [7, 11) is 1.67. The van der Waals surface area contributed by atoms with Crippen molar-refractivity contribution in [1.82, 2.24) is 4.57 Å². The average Bonchev–Trinajstić information content (AvgIpc) is 2.29. The largest absolute Gasteiger partial charge is 0.380 e. The van der Waals surface area contributed by atoms with Crippen molar-refractivity contribution in [2.45, 2.75) is 6.54 Å². The van der Waals surface area contributed by atoms with Crippen molar-refractivity contribution in [3.8, 4) is 0 Å². The van der Waals surface area contributed by atoms with E-state index in [4.69, 9.17) is 11.6 Å². The van der Waals surface area contributed by atoms with Crippen molar-refractivity contribution in [2.75, 3.05) is 5.32 Å². The molecule has 0 amide bonds. The standard InChI is InChI=1S/C13H12ClFN2O/c1-17-8-12(2-3-13(17)18)16-7-9-4-10(14)6-11(15)5-9/h2-6,8,16H,7H2,1H3. The maximum atomic E-state index is 13.1. The molecule has 0 saturated heterocycles. The van der Waals surface area contributed by atoms with Crippen LogP contribution in [0.2, 0.25) is 5.02 Å². The van der Waals surface area contributed by atoms with Crippen molar-refractivity contribution < 1.29 is 4.39 Å². The molecule has 0 radical (unpaired) electrons. The highest BCUT2D eigenvalue weighted by Crippen LogP contribution is 2.15. The van der Waals surface area contributed by atoms with Crippen molar-refractivity contribution in [1.29, 1.82) is 0 Å². The Kier molecular flexibility index (Phi) is 3.67. The molecule has 0 aliphatic rings. The van der Waals surface area contributed by atoms with Crippen LogP contribution >= 0.6 is 11.6 Å². The van der Waals surface area contributed by atoms with Gasteiger partial charge >= 0.3 is 0 Å². The molecule has 94 valence electrons. The van der Waals surface area contributed by atoms with Crippen LogP contribution in [0.1, 0.15) is 5.56 Å². The Bertz CT molecular complexity index is 604. The van der Waals surface area contributed by atoms with E-state index in [1.165, 1.54) is 22.8 Å². The maximum Gasteiger partial charge on any atom is 0.250 e. The molecule has 0 spiro atoms. The first-order valence-electron chi connectivity index (χ1n) is 5.40. The van der Waals surface area contributed by atoms with Crippen LogP contribution in [0.3, 0.4) is 0 Å². The first-order chi connectivity index (χ1) is 8.54. The van der Waals surface area contributed by atoms with Gasteiger partial charge in [-0.3, -0.25) is 4.79 Å². The quantitative estimate of drug-likeness (QED) is 0.927. The second kappa shape index (κ2) is 5.23. The van der Waals surface area contributed by atoms with E-state index in [0.29, 0.717) is 11.6 Å². The Hall–Kier alpha value is -1.81. The van der Waals surface area contributed by atoms with E-state index in [9.17, 15) is 9.18 Å². The van der Waals surface area contributed by atoms with Gasteiger partial charge < -0.3 is 9.88 Å². The first kappa shape index (κ1) is 12.6. The molecule has 0 unspecified atom stereocenters. The van der Waals surface area contributed by atoms with Gasteiger partial charge in [-0.2, -0.15) is 0 Å². The van der Waals surface area contributed by atoms with Crippen LogP contribution in [-0.2, 0) is 13.6 Å². The van der Waals surface area contributed by atoms with E-state index in [1.807, 2.05) is 0 Å². The van der Waals surface area contributed by atoms with Gasteiger partial charge in [0.1, 0.15) is 5.82 Å². The fraction of sp³-hybridized carbons (Fsp3) is 0.154. The fourth-order valence-electron chi connectivity index (χ4n) is 1.62. The number of hydrogen-bond acceptors (Lipinski definition) is 2. The third kappa shape index (κ3) is 3.11. The number of nitrogens with zero attached hydrogens (tertiary/aromatic N) is 1. The number of rotatable bonds is 3. The van der Waals surface area contributed by atoms with Crippen molar-refractivity contribution in [3.05, 3.63) is 63.3 Å². The summed E-state index contributed by atoms with van der Waals surface area (Å²) < 4.78 is 14.6. The zero-order valence-electron chi connectivity index (χ0n) is 9.78. The Morgan fingerprint density at radius 1 is 1.33 bits per heavy atom. The molecule has 1 N–H and O–H groups in total. The minimum Gasteiger partial charge on any atom is -0.380 e. The third-order valence-corrected chi connectivity index (χ3v) is 2.72. The van der Waals surface area contributed by atoms with Gasteiger partial charge in [0.05, 0.1) is 5.69 Å². The van der Waals surface area contributed by atoms with Crippen molar-refractivity contribution in [2.24, 2.45) is 7.05 Å². The Morgan fingerprint density at radius 3 is 2.78 bits per heavy atom. The Balaban J connectivity index is 2.11.